The quantitative estimate of drug-likeness (QED) is 0.138. The number of hydrogen-bond acceptors (Lipinski definition) is 6. The third-order valence-corrected chi connectivity index (χ3v) is 8.41. The molecule has 0 saturated carbocycles. The van der Waals surface area contributed by atoms with Crippen LogP contribution in [0.15, 0.2) is 69.3 Å². The molecule has 1 saturated heterocycles. The largest absolute Gasteiger partial charge is 0.493 e. The number of methoxy groups -OCH3 is 1. The molecule has 7 nitrogen and oxygen atoms in total. The molecule has 1 aliphatic heterocycles. The third-order valence-electron chi connectivity index (χ3n) is 5.75. The summed E-state index contributed by atoms with van der Waals surface area (Å²) < 4.78 is 41.1. The number of carbonyl (C=O) groups is 1. The fraction of sp³-hybridized carbons (Fsp3) is 0.357. The Hall–Kier alpha value is -2.75. The Labute approximate surface area is 234 Å². The van der Waals surface area contributed by atoms with Gasteiger partial charge in [-0.3, -0.25) is 9.69 Å². The van der Waals surface area contributed by atoms with Gasteiger partial charge in [0.15, 0.2) is 16.7 Å². The van der Waals surface area contributed by atoms with Crippen LogP contribution in [0.2, 0.25) is 5.02 Å². The molecular formula is C28H33ClN2O5S2. The van der Waals surface area contributed by atoms with Gasteiger partial charge in [0.2, 0.25) is 0 Å². The summed E-state index contributed by atoms with van der Waals surface area (Å²) in [7, 11) is -2.47. The van der Waals surface area contributed by atoms with Gasteiger partial charge in [-0.15, -0.1) is 11.0 Å². The Morgan fingerprint density at radius 2 is 1.76 bits per heavy atom. The lowest BCUT2D eigenvalue weighted by molar-refractivity contribution is -0.121. The molecule has 3 rings (SSSR count). The summed E-state index contributed by atoms with van der Waals surface area (Å²) in [6, 6.07) is 11.1. The highest BCUT2D eigenvalue weighted by molar-refractivity contribution is 8.19. The van der Waals surface area contributed by atoms with Crippen LogP contribution in [0.5, 0.6) is 11.5 Å². The number of amides is 1. The number of hydrogen-bond donors (Lipinski definition) is 0. The highest BCUT2D eigenvalue weighted by Gasteiger charge is 2.34. The van der Waals surface area contributed by atoms with E-state index in [1.54, 1.807) is 19.3 Å². The van der Waals surface area contributed by atoms with Crippen LogP contribution in [0.1, 0.15) is 51.0 Å². The molecule has 1 amide bonds. The van der Waals surface area contributed by atoms with Crippen LogP contribution < -0.4 is 9.47 Å². The molecule has 204 valence electrons. The van der Waals surface area contributed by atoms with Crippen molar-refractivity contribution in [3.8, 4) is 11.5 Å². The number of nitrogens with zero attached hydrogens (tertiary/aromatic N) is 2. The summed E-state index contributed by atoms with van der Waals surface area (Å²) >= 11 is 6.87. The summed E-state index contributed by atoms with van der Waals surface area (Å²) in [5.74, 6) is 0.839. The van der Waals surface area contributed by atoms with Gasteiger partial charge in [-0.2, -0.15) is 8.42 Å². The van der Waals surface area contributed by atoms with Crippen molar-refractivity contribution in [2.45, 2.75) is 50.3 Å². The van der Waals surface area contributed by atoms with Crippen LogP contribution in [-0.2, 0) is 14.8 Å². The fourth-order valence-electron chi connectivity index (χ4n) is 3.74. The van der Waals surface area contributed by atoms with Crippen molar-refractivity contribution < 1.29 is 22.7 Å². The van der Waals surface area contributed by atoms with Gasteiger partial charge in [-0.05, 0) is 66.2 Å². The number of unbranched alkanes of at least 4 members (excludes halogenated alkanes) is 5. The average molecular weight is 577 g/mol. The van der Waals surface area contributed by atoms with Crippen molar-refractivity contribution in [2.75, 3.05) is 20.3 Å². The number of benzene rings is 2. The molecule has 0 bridgehead atoms. The Bertz CT molecular complexity index is 1290. The number of ether oxygens (including phenoxy) is 2. The van der Waals surface area contributed by atoms with Crippen LogP contribution in [-0.4, -0.2) is 44.7 Å². The average Bonchev–Trinajstić information content (AvgIpc) is 3.17. The van der Waals surface area contributed by atoms with Crippen LogP contribution >= 0.6 is 23.4 Å². The van der Waals surface area contributed by atoms with Gasteiger partial charge in [0, 0.05) is 11.6 Å². The highest BCUT2D eigenvalue weighted by atomic mass is 35.5. The number of carbonyl (C=O) groups excluding carboxylic acids is 1. The monoisotopic (exact) mass is 576 g/mol. The second-order valence-electron chi connectivity index (χ2n) is 8.64. The van der Waals surface area contributed by atoms with E-state index in [1.807, 2.05) is 12.1 Å². The van der Waals surface area contributed by atoms with E-state index in [0.29, 0.717) is 28.0 Å². The second-order valence-corrected chi connectivity index (χ2v) is 11.7. The van der Waals surface area contributed by atoms with Crippen molar-refractivity contribution in [2.24, 2.45) is 4.40 Å². The number of amidine groups is 1. The van der Waals surface area contributed by atoms with Gasteiger partial charge in [0.1, 0.15) is 0 Å². The maximum Gasteiger partial charge on any atom is 0.284 e. The minimum absolute atomic E-state index is 0.0132. The van der Waals surface area contributed by atoms with Crippen molar-refractivity contribution in [1.29, 1.82) is 0 Å². The van der Waals surface area contributed by atoms with Crippen LogP contribution in [0.4, 0.5) is 0 Å². The molecule has 10 heteroatoms. The molecule has 1 aliphatic rings. The van der Waals surface area contributed by atoms with Crippen molar-refractivity contribution >= 4 is 50.5 Å². The van der Waals surface area contributed by atoms with E-state index in [-0.39, 0.29) is 22.5 Å². The lowest BCUT2D eigenvalue weighted by Gasteiger charge is -2.12. The summed E-state index contributed by atoms with van der Waals surface area (Å²) in [6.07, 6.45) is 10.2. The lowest BCUT2D eigenvalue weighted by atomic mass is 10.1. The van der Waals surface area contributed by atoms with Gasteiger partial charge in [-0.1, -0.05) is 62.8 Å². The van der Waals surface area contributed by atoms with Crippen LogP contribution in [0, 0.1) is 0 Å². The Morgan fingerprint density at radius 1 is 1.05 bits per heavy atom. The molecule has 0 aliphatic carbocycles. The Balaban J connectivity index is 1.80. The van der Waals surface area contributed by atoms with Crippen molar-refractivity contribution in [3.05, 3.63) is 70.6 Å². The van der Waals surface area contributed by atoms with Gasteiger partial charge < -0.3 is 9.47 Å². The normalized spacial score (nSPS) is 15.9. The molecule has 0 unspecified atom stereocenters. The van der Waals surface area contributed by atoms with Gasteiger partial charge in [0.05, 0.1) is 23.5 Å². The summed E-state index contributed by atoms with van der Waals surface area (Å²) in [5, 5.41) is 0.472. The number of rotatable bonds is 14. The lowest BCUT2D eigenvalue weighted by Crippen LogP contribution is -2.29. The predicted octanol–water partition coefficient (Wildman–Crippen LogP) is 6.94. The van der Waals surface area contributed by atoms with E-state index in [1.165, 1.54) is 60.9 Å². The fourth-order valence-corrected chi connectivity index (χ4v) is 6.06. The van der Waals surface area contributed by atoms with E-state index in [0.717, 1.165) is 30.2 Å². The minimum atomic E-state index is -4.05. The maximum atomic E-state index is 13.1. The van der Waals surface area contributed by atoms with E-state index in [9.17, 15) is 13.2 Å². The summed E-state index contributed by atoms with van der Waals surface area (Å²) in [6.45, 7) is 6.57. The minimum Gasteiger partial charge on any atom is -0.493 e. The first-order valence-electron chi connectivity index (χ1n) is 12.5. The summed E-state index contributed by atoms with van der Waals surface area (Å²) in [4.78, 5) is 14.8. The maximum absolute atomic E-state index is 13.1. The first kappa shape index (κ1) is 29.8. The third kappa shape index (κ3) is 8.12. The molecule has 0 radical (unpaired) electrons. The van der Waals surface area contributed by atoms with E-state index >= 15 is 0 Å². The Kier molecular flexibility index (Phi) is 11.3. The van der Waals surface area contributed by atoms with Crippen molar-refractivity contribution in [1.82, 2.24) is 4.90 Å². The number of thioether (sulfide) groups is 1. The second kappa shape index (κ2) is 14.4. The first-order chi connectivity index (χ1) is 18.3. The zero-order valence-corrected chi connectivity index (χ0v) is 24.1. The molecule has 2 aromatic carbocycles. The zero-order valence-electron chi connectivity index (χ0n) is 21.7. The van der Waals surface area contributed by atoms with E-state index in [2.05, 4.69) is 17.9 Å². The van der Waals surface area contributed by atoms with Gasteiger partial charge in [-0.25, -0.2) is 0 Å². The molecule has 1 fully saturated rings. The molecular weight excluding hydrogens is 544 g/mol. The summed E-state index contributed by atoms with van der Waals surface area (Å²) in [5.41, 5.74) is 0.722. The van der Waals surface area contributed by atoms with Gasteiger partial charge >= 0.3 is 0 Å². The molecule has 38 heavy (non-hydrogen) atoms. The smallest absolute Gasteiger partial charge is 0.284 e. The molecule has 1 heterocycles. The van der Waals surface area contributed by atoms with Crippen LogP contribution in [0.3, 0.4) is 0 Å². The zero-order chi connectivity index (χ0) is 27.5. The highest BCUT2D eigenvalue weighted by Crippen LogP contribution is 2.35. The number of halogens is 1. The van der Waals surface area contributed by atoms with E-state index in [4.69, 9.17) is 21.1 Å². The molecule has 0 N–H and O–H groups in total. The first-order valence-corrected chi connectivity index (χ1v) is 15.2. The van der Waals surface area contributed by atoms with Crippen molar-refractivity contribution in [3.63, 3.8) is 0 Å². The standard InChI is InChI=1S/C28H33ClN2O5S2/c1-4-6-7-8-9-10-18-36-25-19-21(11-16-24(25)35-3)20-26-27(32)31(17-5-2)28(37-26)30-38(33,34)23-14-12-22(29)13-15-23/h5,11-16,19-20H,2,4,6-10,17-18H2,1,3H3. The number of sulfonamides is 1. The van der Waals surface area contributed by atoms with E-state index < -0.39 is 10.0 Å². The molecule has 0 atom stereocenters. The molecule has 0 spiro atoms. The molecule has 2 aromatic rings. The van der Waals surface area contributed by atoms with Gasteiger partial charge in [0.25, 0.3) is 15.9 Å². The topological polar surface area (TPSA) is 85.3 Å². The predicted molar refractivity (Wildman–Crippen MR) is 155 cm³/mol. The molecule has 0 aromatic heterocycles. The SMILES string of the molecule is C=CCN1C(=O)C(=Cc2ccc(OC)c(OCCCCCCCC)c2)SC1=NS(=O)(=O)c1ccc(Cl)cc1. The Morgan fingerprint density at radius 3 is 2.45 bits per heavy atom. The van der Waals surface area contributed by atoms with Crippen LogP contribution in [0.25, 0.3) is 6.08 Å².